The second kappa shape index (κ2) is 4.83. The molecule has 1 rings (SSSR count). The Morgan fingerprint density at radius 3 is 2.77 bits per heavy atom. The summed E-state index contributed by atoms with van der Waals surface area (Å²) in [5.41, 5.74) is 9.33. The quantitative estimate of drug-likeness (QED) is 0.751. The maximum Gasteiger partial charge on any atom is -0.00425 e. The van der Waals surface area contributed by atoms with Gasteiger partial charge in [-0.3, -0.25) is 0 Å². The van der Waals surface area contributed by atoms with Gasteiger partial charge in [0.1, 0.15) is 0 Å². The zero-order valence-corrected chi connectivity index (χ0v) is 8.38. The maximum absolute atomic E-state index is 5.41. The van der Waals surface area contributed by atoms with Gasteiger partial charge in [0.25, 0.3) is 0 Å². The number of nitrogens with two attached hydrogens (primary N) is 1. The highest BCUT2D eigenvalue weighted by Gasteiger charge is 1.92. The van der Waals surface area contributed by atoms with E-state index in [1.807, 2.05) is 0 Å². The van der Waals surface area contributed by atoms with Crippen molar-refractivity contribution in [3.05, 3.63) is 41.0 Å². The number of hydrogen-bond acceptors (Lipinski definition) is 1. The number of benzene rings is 1. The molecule has 0 radical (unpaired) electrons. The lowest BCUT2D eigenvalue weighted by molar-refractivity contribution is 1.01. The molecular formula is C12H17N. The van der Waals surface area contributed by atoms with E-state index in [0.717, 1.165) is 13.0 Å². The third-order valence-electron chi connectivity index (χ3n) is 2.07. The van der Waals surface area contributed by atoms with Crippen molar-refractivity contribution in [2.24, 2.45) is 5.73 Å². The summed E-state index contributed by atoms with van der Waals surface area (Å²) < 4.78 is 0. The lowest BCUT2D eigenvalue weighted by Gasteiger charge is -2.01. The second-order valence-corrected chi connectivity index (χ2v) is 3.34. The first-order valence-corrected chi connectivity index (χ1v) is 4.68. The normalized spacial score (nSPS) is 11.0. The fourth-order valence-corrected chi connectivity index (χ4v) is 1.25. The zero-order valence-electron chi connectivity index (χ0n) is 8.38. The van der Waals surface area contributed by atoms with Gasteiger partial charge < -0.3 is 5.73 Å². The number of aryl methyl sites for hydroxylation is 2. The molecule has 0 fully saturated rings. The SMILES string of the molecule is Cc1ccc(C)c(C=CCCN)c1. The van der Waals surface area contributed by atoms with E-state index < -0.39 is 0 Å². The van der Waals surface area contributed by atoms with Crippen molar-refractivity contribution < 1.29 is 0 Å². The fraction of sp³-hybridized carbons (Fsp3) is 0.333. The summed E-state index contributed by atoms with van der Waals surface area (Å²) in [4.78, 5) is 0. The van der Waals surface area contributed by atoms with Gasteiger partial charge in [-0.2, -0.15) is 0 Å². The highest BCUT2D eigenvalue weighted by atomic mass is 14.5. The van der Waals surface area contributed by atoms with Crippen LogP contribution in [-0.2, 0) is 0 Å². The van der Waals surface area contributed by atoms with Gasteiger partial charge in [0.15, 0.2) is 0 Å². The van der Waals surface area contributed by atoms with E-state index in [4.69, 9.17) is 5.73 Å². The van der Waals surface area contributed by atoms with Crippen LogP contribution in [0.3, 0.4) is 0 Å². The van der Waals surface area contributed by atoms with Crippen molar-refractivity contribution in [2.75, 3.05) is 6.54 Å². The summed E-state index contributed by atoms with van der Waals surface area (Å²) in [5.74, 6) is 0. The molecule has 0 heterocycles. The molecule has 0 bridgehead atoms. The lowest BCUT2D eigenvalue weighted by Crippen LogP contribution is -1.95. The first-order chi connectivity index (χ1) is 6.24. The van der Waals surface area contributed by atoms with Crippen LogP contribution in [0.25, 0.3) is 6.08 Å². The molecule has 0 saturated carbocycles. The zero-order chi connectivity index (χ0) is 9.68. The van der Waals surface area contributed by atoms with E-state index in [0.29, 0.717) is 0 Å². The van der Waals surface area contributed by atoms with Crippen molar-refractivity contribution in [3.63, 3.8) is 0 Å². The Hall–Kier alpha value is -1.08. The molecule has 0 spiro atoms. The molecule has 0 aliphatic rings. The Labute approximate surface area is 80.3 Å². The molecule has 1 aromatic rings. The van der Waals surface area contributed by atoms with Crippen LogP contribution < -0.4 is 5.73 Å². The Bertz CT molecular complexity index is 300. The van der Waals surface area contributed by atoms with E-state index in [-0.39, 0.29) is 0 Å². The van der Waals surface area contributed by atoms with Gasteiger partial charge in [-0.05, 0) is 37.9 Å². The van der Waals surface area contributed by atoms with E-state index in [1.54, 1.807) is 0 Å². The van der Waals surface area contributed by atoms with Crippen molar-refractivity contribution in [2.45, 2.75) is 20.3 Å². The smallest absolute Gasteiger partial charge is 0.00425 e. The van der Waals surface area contributed by atoms with Crippen LogP contribution in [-0.4, -0.2) is 6.54 Å². The van der Waals surface area contributed by atoms with Crippen LogP contribution in [0, 0.1) is 13.8 Å². The lowest BCUT2D eigenvalue weighted by atomic mass is 10.1. The van der Waals surface area contributed by atoms with E-state index >= 15 is 0 Å². The molecular weight excluding hydrogens is 158 g/mol. The summed E-state index contributed by atoms with van der Waals surface area (Å²) >= 11 is 0. The molecule has 0 aliphatic carbocycles. The van der Waals surface area contributed by atoms with Crippen LogP contribution in [0.4, 0.5) is 0 Å². The van der Waals surface area contributed by atoms with E-state index in [2.05, 4.69) is 44.2 Å². The average Bonchev–Trinajstić information content (AvgIpc) is 2.11. The molecule has 0 saturated heterocycles. The molecule has 1 heteroatoms. The van der Waals surface area contributed by atoms with Crippen LogP contribution in [0.15, 0.2) is 24.3 Å². The minimum atomic E-state index is 0.724. The predicted molar refractivity (Wildman–Crippen MR) is 58.6 cm³/mol. The monoisotopic (exact) mass is 175 g/mol. The second-order valence-electron chi connectivity index (χ2n) is 3.34. The predicted octanol–water partition coefficient (Wildman–Crippen LogP) is 2.67. The van der Waals surface area contributed by atoms with Crippen LogP contribution >= 0.6 is 0 Å². The van der Waals surface area contributed by atoms with Crippen molar-refractivity contribution >= 4 is 6.08 Å². The minimum absolute atomic E-state index is 0.724. The standard InChI is InChI=1S/C12H17N/c1-10-6-7-11(2)12(9-10)5-3-4-8-13/h3,5-7,9H,4,8,13H2,1-2H3. The minimum Gasteiger partial charge on any atom is -0.330 e. The molecule has 70 valence electrons. The van der Waals surface area contributed by atoms with Crippen molar-refractivity contribution in [1.29, 1.82) is 0 Å². The molecule has 13 heavy (non-hydrogen) atoms. The largest absolute Gasteiger partial charge is 0.330 e. The van der Waals surface area contributed by atoms with E-state index in [9.17, 15) is 0 Å². The van der Waals surface area contributed by atoms with Crippen LogP contribution in [0.5, 0.6) is 0 Å². The Balaban J connectivity index is 2.81. The topological polar surface area (TPSA) is 26.0 Å². The summed E-state index contributed by atoms with van der Waals surface area (Å²) in [7, 11) is 0. The number of rotatable bonds is 3. The third-order valence-corrected chi connectivity index (χ3v) is 2.07. The van der Waals surface area contributed by atoms with E-state index in [1.165, 1.54) is 16.7 Å². The van der Waals surface area contributed by atoms with Gasteiger partial charge in [-0.25, -0.2) is 0 Å². The van der Waals surface area contributed by atoms with Gasteiger partial charge in [-0.1, -0.05) is 35.9 Å². The van der Waals surface area contributed by atoms with Gasteiger partial charge in [0, 0.05) is 0 Å². The molecule has 0 amide bonds. The molecule has 0 atom stereocenters. The van der Waals surface area contributed by atoms with Gasteiger partial charge in [0.05, 0.1) is 0 Å². The molecule has 0 aliphatic heterocycles. The van der Waals surface area contributed by atoms with Crippen LogP contribution in [0.1, 0.15) is 23.1 Å². The Kier molecular flexibility index (Phi) is 3.71. The first-order valence-electron chi connectivity index (χ1n) is 4.68. The van der Waals surface area contributed by atoms with Crippen molar-refractivity contribution in [1.82, 2.24) is 0 Å². The van der Waals surface area contributed by atoms with Gasteiger partial charge in [-0.15, -0.1) is 0 Å². The summed E-state index contributed by atoms with van der Waals surface area (Å²) in [6.45, 7) is 4.96. The average molecular weight is 175 g/mol. The van der Waals surface area contributed by atoms with Gasteiger partial charge in [0.2, 0.25) is 0 Å². The van der Waals surface area contributed by atoms with Crippen molar-refractivity contribution in [3.8, 4) is 0 Å². The molecule has 2 N–H and O–H groups in total. The first kappa shape index (κ1) is 10.0. The summed E-state index contributed by atoms with van der Waals surface area (Å²) in [5, 5.41) is 0. The van der Waals surface area contributed by atoms with Crippen LogP contribution in [0.2, 0.25) is 0 Å². The highest BCUT2D eigenvalue weighted by molar-refractivity contribution is 5.54. The molecule has 1 nitrogen and oxygen atoms in total. The fourth-order valence-electron chi connectivity index (χ4n) is 1.25. The highest BCUT2D eigenvalue weighted by Crippen LogP contribution is 2.12. The summed E-state index contributed by atoms with van der Waals surface area (Å²) in [6, 6.07) is 6.48. The third kappa shape index (κ3) is 3.03. The molecule has 0 aromatic heterocycles. The van der Waals surface area contributed by atoms with Gasteiger partial charge >= 0.3 is 0 Å². The Morgan fingerprint density at radius 2 is 2.08 bits per heavy atom. The number of hydrogen-bond donors (Lipinski definition) is 1. The Morgan fingerprint density at radius 1 is 1.31 bits per heavy atom. The summed E-state index contributed by atoms with van der Waals surface area (Å²) in [6.07, 6.45) is 5.23. The molecule has 1 aromatic carbocycles. The molecule has 0 unspecified atom stereocenters. The maximum atomic E-state index is 5.41.